The molecule has 0 saturated heterocycles. The van der Waals surface area contributed by atoms with Gasteiger partial charge in [-0.15, -0.1) is 0 Å². The fourth-order valence-electron chi connectivity index (χ4n) is 2.54. The van der Waals surface area contributed by atoms with Crippen molar-refractivity contribution in [3.63, 3.8) is 0 Å². The van der Waals surface area contributed by atoms with Gasteiger partial charge in [0.25, 0.3) is 0 Å². The lowest BCUT2D eigenvalue weighted by Crippen LogP contribution is -2.38. The highest BCUT2D eigenvalue weighted by Gasteiger charge is 2.25. The van der Waals surface area contributed by atoms with Gasteiger partial charge in [0.05, 0.1) is 30.9 Å². The summed E-state index contributed by atoms with van der Waals surface area (Å²) in [4.78, 5) is 2.39. The van der Waals surface area contributed by atoms with E-state index in [0.29, 0.717) is 12.6 Å². The SMILES string of the molecule is COC[C@H]1CN(Cc2ccoc2)Cc2ccnn21. The summed E-state index contributed by atoms with van der Waals surface area (Å²) in [7, 11) is 1.73. The largest absolute Gasteiger partial charge is 0.472 e. The van der Waals surface area contributed by atoms with Gasteiger partial charge < -0.3 is 9.15 Å². The number of methoxy groups -OCH3 is 1. The zero-order chi connectivity index (χ0) is 12.4. The van der Waals surface area contributed by atoms with E-state index in [9.17, 15) is 0 Å². The molecule has 1 atom stereocenters. The van der Waals surface area contributed by atoms with Gasteiger partial charge in [0.15, 0.2) is 0 Å². The molecule has 0 amide bonds. The molecule has 0 N–H and O–H groups in total. The zero-order valence-corrected chi connectivity index (χ0v) is 10.5. The first-order chi connectivity index (χ1) is 8.86. The fraction of sp³-hybridized carbons (Fsp3) is 0.462. The van der Waals surface area contributed by atoms with Crippen molar-refractivity contribution in [2.24, 2.45) is 0 Å². The molecule has 1 aliphatic rings. The average molecular weight is 247 g/mol. The highest BCUT2D eigenvalue weighted by molar-refractivity contribution is 5.09. The minimum Gasteiger partial charge on any atom is -0.472 e. The summed E-state index contributed by atoms with van der Waals surface area (Å²) in [6, 6.07) is 4.38. The van der Waals surface area contributed by atoms with Crippen LogP contribution in [0.15, 0.2) is 35.3 Å². The Morgan fingerprint density at radius 1 is 1.50 bits per heavy atom. The molecule has 96 valence electrons. The van der Waals surface area contributed by atoms with E-state index in [2.05, 4.69) is 20.7 Å². The molecule has 18 heavy (non-hydrogen) atoms. The minimum atomic E-state index is 0.292. The average Bonchev–Trinajstić information content (AvgIpc) is 3.00. The fourth-order valence-corrected chi connectivity index (χ4v) is 2.54. The number of rotatable bonds is 4. The van der Waals surface area contributed by atoms with Crippen LogP contribution in [0, 0.1) is 0 Å². The summed E-state index contributed by atoms with van der Waals surface area (Å²) in [5.41, 5.74) is 2.45. The number of ether oxygens (including phenoxy) is 1. The molecular weight excluding hydrogens is 230 g/mol. The summed E-state index contributed by atoms with van der Waals surface area (Å²) >= 11 is 0. The Labute approximate surface area is 106 Å². The van der Waals surface area contributed by atoms with Gasteiger partial charge in [-0.25, -0.2) is 0 Å². The Kier molecular flexibility index (Phi) is 3.17. The molecule has 0 radical (unpaired) electrons. The maximum Gasteiger partial charge on any atom is 0.0947 e. The highest BCUT2D eigenvalue weighted by atomic mass is 16.5. The second-order valence-corrected chi connectivity index (χ2v) is 4.68. The van der Waals surface area contributed by atoms with Gasteiger partial charge in [-0.3, -0.25) is 9.58 Å². The molecule has 0 aliphatic carbocycles. The Balaban J connectivity index is 1.76. The molecule has 2 aromatic heterocycles. The van der Waals surface area contributed by atoms with Crippen LogP contribution in [-0.2, 0) is 17.8 Å². The predicted molar refractivity (Wildman–Crippen MR) is 66.0 cm³/mol. The molecule has 0 spiro atoms. The zero-order valence-electron chi connectivity index (χ0n) is 10.5. The Morgan fingerprint density at radius 3 is 3.22 bits per heavy atom. The third-order valence-corrected chi connectivity index (χ3v) is 3.30. The second-order valence-electron chi connectivity index (χ2n) is 4.68. The van der Waals surface area contributed by atoms with Gasteiger partial charge in [0, 0.05) is 38.5 Å². The first kappa shape index (κ1) is 11.5. The van der Waals surface area contributed by atoms with Crippen LogP contribution in [0.5, 0.6) is 0 Å². The summed E-state index contributed by atoms with van der Waals surface area (Å²) in [5, 5.41) is 4.38. The van der Waals surface area contributed by atoms with Crippen LogP contribution in [-0.4, -0.2) is 34.9 Å². The van der Waals surface area contributed by atoms with Crippen molar-refractivity contribution in [2.45, 2.75) is 19.1 Å². The Morgan fingerprint density at radius 2 is 2.44 bits per heavy atom. The Hall–Kier alpha value is -1.59. The summed E-state index contributed by atoms with van der Waals surface area (Å²) in [5.74, 6) is 0. The molecule has 0 bridgehead atoms. The maximum atomic E-state index is 5.29. The Bertz CT molecular complexity index is 492. The summed E-state index contributed by atoms with van der Waals surface area (Å²) in [6.07, 6.45) is 5.38. The highest BCUT2D eigenvalue weighted by Crippen LogP contribution is 2.22. The van der Waals surface area contributed by atoms with Crippen molar-refractivity contribution >= 4 is 0 Å². The lowest BCUT2D eigenvalue weighted by Gasteiger charge is -2.33. The number of nitrogens with zero attached hydrogens (tertiary/aromatic N) is 3. The molecule has 5 nitrogen and oxygen atoms in total. The van der Waals surface area contributed by atoms with Crippen LogP contribution >= 0.6 is 0 Å². The van der Waals surface area contributed by atoms with E-state index < -0.39 is 0 Å². The molecule has 0 aromatic carbocycles. The van der Waals surface area contributed by atoms with E-state index in [1.54, 1.807) is 19.6 Å². The van der Waals surface area contributed by atoms with Crippen molar-refractivity contribution < 1.29 is 9.15 Å². The quantitative estimate of drug-likeness (QED) is 0.824. The number of aromatic nitrogens is 2. The first-order valence-corrected chi connectivity index (χ1v) is 6.11. The number of furan rings is 1. The summed E-state index contributed by atoms with van der Waals surface area (Å²) in [6.45, 7) is 3.47. The van der Waals surface area contributed by atoms with Crippen LogP contribution in [0.25, 0.3) is 0 Å². The van der Waals surface area contributed by atoms with E-state index in [0.717, 1.165) is 19.6 Å². The van der Waals surface area contributed by atoms with E-state index in [4.69, 9.17) is 9.15 Å². The van der Waals surface area contributed by atoms with E-state index >= 15 is 0 Å². The lowest BCUT2D eigenvalue weighted by atomic mass is 10.2. The van der Waals surface area contributed by atoms with E-state index in [1.165, 1.54) is 11.3 Å². The normalized spacial score (nSPS) is 19.9. The van der Waals surface area contributed by atoms with Crippen molar-refractivity contribution in [3.8, 4) is 0 Å². The van der Waals surface area contributed by atoms with Crippen molar-refractivity contribution in [2.75, 3.05) is 20.3 Å². The van der Waals surface area contributed by atoms with E-state index in [1.807, 2.05) is 12.3 Å². The molecule has 2 aromatic rings. The van der Waals surface area contributed by atoms with Crippen molar-refractivity contribution in [1.29, 1.82) is 0 Å². The lowest BCUT2D eigenvalue weighted by molar-refractivity contribution is 0.0906. The van der Waals surface area contributed by atoms with Crippen LogP contribution in [0.3, 0.4) is 0 Å². The number of hydrogen-bond acceptors (Lipinski definition) is 4. The van der Waals surface area contributed by atoms with Crippen LogP contribution in [0.2, 0.25) is 0 Å². The molecule has 3 rings (SSSR count). The number of fused-ring (bicyclic) bond motifs is 1. The van der Waals surface area contributed by atoms with Crippen LogP contribution in [0.4, 0.5) is 0 Å². The smallest absolute Gasteiger partial charge is 0.0947 e. The molecule has 1 aliphatic heterocycles. The van der Waals surface area contributed by atoms with Gasteiger partial charge >= 0.3 is 0 Å². The molecule has 0 unspecified atom stereocenters. The van der Waals surface area contributed by atoms with Crippen molar-refractivity contribution in [3.05, 3.63) is 42.1 Å². The van der Waals surface area contributed by atoms with E-state index in [-0.39, 0.29) is 0 Å². The summed E-state index contributed by atoms with van der Waals surface area (Å²) < 4.78 is 12.5. The molecule has 0 saturated carbocycles. The topological polar surface area (TPSA) is 43.4 Å². The molecule has 3 heterocycles. The minimum absolute atomic E-state index is 0.292. The van der Waals surface area contributed by atoms with Gasteiger partial charge in [0.1, 0.15) is 0 Å². The third kappa shape index (κ3) is 2.19. The molecular formula is C13H17N3O2. The van der Waals surface area contributed by atoms with Gasteiger partial charge in [-0.1, -0.05) is 0 Å². The number of hydrogen-bond donors (Lipinski definition) is 0. The second kappa shape index (κ2) is 4.96. The van der Waals surface area contributed by atoms with Gasteiger partial charge in [-0.2, -0.15) is 5.10 Å². The monoisotopic (exact) mass is 247 g/mol. The molecule has 0 fully saturated rings. The predicted octanol–water partition coefficient (Wildman–Crippen LogP) is 1.68. The molecule has 5 heteroatoms. The first-order valence-electron chi connectivity index (χ1n) is 6.11. The van der Waals surface area contributed by atoms with Crippen LogP contribution in [0.1, 0.15) is 17.3 Å². The van der Waals surface area contributed by atoms with Crippen molar-refractivity contribution in [1.82, 2.24) is 14.7 Å². The van der Waals surface area contributed by atoms with Gasteiger partial charge in [-0.05, 0) is 12.1 Å². The van der Waals surface area contributed by atoms with Crippen LogP contribution < -0.4 is 0 Å². The van der Waals surface area contributed by atoms with Gasteiger partial charge in [0.2, 0.25) is 0 Å². The third-order valence-electron chi connectivity index (χ3n) is 3.30. The standard InChI is InChI=1S/C13H17N3O2/c1-17-10-13-8-15(6-11-3-5-18-9-11)7-12-2-4-14-16(12)13/h2-5,9,13H,6-8,10H2,1H3/t13-/m1/s1. The maximum absolute atomic E-state index is 5.29.